The van der Waals surface area contributed by atoms with Gasteiger partial charge >= 0.3 is 5.97 Å². The molecule has 1 aromatic carbocycles. The van der Waals surface area contributed by atoms with Crippen molar-refractivity contribution in [3.05, 3.63) is 47.4 Å². The minimum atomic E-state index is -0.440. The first-order valence-corrected chi connectivity index (χ1v) is 8.71. The van der Waals surface area contributed by atoms with E-state index in [0.717, 1.165) is 50.0 Å². The van der Waals surface area contributed by atoms with Crippen molar-refractivity contribution in [1.82, 2.24) is 9.80 Å². The van der Waals surface area contributed by atoms with Gasteiger partial charge in [0, 0.05) is 32.7 Å². The van der Waals surface area contributed by atoms with Crippen LogP contribution in [-0.4, -0.2) is 55.9 Å². The smallest absolute Gasteiger partial charge is 0.373 e. The molecule has 2 aromatic rings. The molecule has 3 heterocycles. The number of nitrogens with zero attached hydrogens (tertiary/aromatic N) is 2. The zero-order valence-corrected chi connectivity index (χ0v) is 14.8. The Morgan fingerprint density at radius 1 is 1.00 bits per heavy atom. The molecule has 1 saturated heterocycles. The first-order valence-electron chi connectivity index (χ1n) is 8.71. The van der Waals surface area contributed by atoms with Crippen LogP contribution < -0.4 is 9.47 Å². The van der Waals surface area contributed by atoms with E-state index in [-0.39, 0.29) is 5.76 Å². The van der Waals surface area contributed by atoms with Gasteiger partial charge in [0.15, 0.2) is 11.5 Å². The molecule has 7 heteroatoms. The third-order valence-corrected chi connectivity index (χ3v) is 4.74. The van der Waals surface area contributed by atoms with Gasteiger partial charge in [-0.1, -0.05) is 6.07 Å². The Morgan fingerprint density at radius 2 is 1.73 bits per heavy atom. The fraction of sp³-hybridized carbons (Fsp3) is 0.421. The molecule has 0 atom stereocenters. The van der Waals surface area contributed by atoms with Crippen LogP contribution in [-0.2, 0) is 17.8 Å². The molecular formula is C19H22N2O5. The lowest BCUT2D eigenvalue weighted by molar-refractivity contribution is 0.0559. The first kappa shape index (κ1) is 16.9. The molecule has 0 N–H and O–H groups in total. The van der Waals surface area contributed by atoms with E-state index < -0.39 is 5.97 Å². The van der Waals surface area contributed by atoms with Crippen molar-refractivity contribution in [1.29, 1.82) is 0 Å². The van der Waals surface area contributed by atoms with Gasteiger partial charge < -0.3 is 18.6 Å². The summed E-state index contributed by atoms with van der Waals surface area (Å²) in [5.41, 5.74) is 1.23. The standard InChI is InChI=1S/C19H22N2O5/c1-23-19(22)17-5-3-15(26-17)12-21-8-6-20(7-9-21)11-14-2-4-16-18(10-14)25-13-24-16/h2-5,10H,6-9,11-13H2,1H3. The highest BCUT2D eigenvalue weighted by Gasteiger charge is 2.20. The van der Waals surface area contributed by atoms with Crippen LogP contribution in [0.5, 0.6) is 11.5 Å². The van der Waals surface area contributed by atoms with Crippen LogP contribution in [0.2, 0.25) is 0 Å². The molecule has 2 aliphatic heterocycles. The van der Waals surface area contributed by atoms with Crippen molar-refractivity contribution in [2.24, 2.45) is 0 Å². The lowest BCUT2D eigenvalue weighted by atomic mass is 10.1. The second-order valence-electron chi connectivity index (χ2n) is 6.50. The van der Waals surface area contributed by atoms with Gasteiger partial charge in [-0.15, -0.1) is 0 Å². The fourth-order valence-corrected chi connectivity index (χ4v) is 3.30. The van der Waals surface area contributed by atoms with Crippen LogP contribution in [0, 0.1) is 0 Å². The third-order valence-electron chi connectivity index (χ3n) is 4.74. The molecule has 138 valence electrons. The predicted octanol–water partition coefficient (Wildman–Crippen LogP) is 2.11. The summed E-state index contributed by atoms with van der Waals surface area (Å²) in [5, 5.41) is 0. The van der Waals surface area contributed by atoms with Gasteiger partial charge in [0.2, 0.25) is 12.6 Å². The number of carbonyl (C=O) groups is 1. The number of esters is 1. The molecule has 0 saturated carbocycles. The molecule has 0 aliphatic carbocycles. The maximum Gasteiger partial charge on any atom is 0.373 e. The van der Waals surface area contributed by atoms with Gasteiger partial charge in [0.05, 0.1) is 13.7 Å². The maximum atomic E-state index is 11.5. The SMILES string of the molecule is COC(=O)c1ccc(CN2CCN(Cc3ccc4c(c3)OCO4)CC2)o1. The van der Waals surface area contributed by atoms with E-state index >= 15 is 0 Å². The minimum absolute atomic E-state index is 0.254. The number of hydrogen-bond acceptors (Lipinski definition) is 7. The van der Waals surface area contributed by atoms with Crippen LogP contribution in [0.15, 0.2) is 34.7 Å². The van der Waals surface area contributed by atoms with Gasteiger partial charge in [0.1, 0.15) is 5.76 Å². The molecule has 1 fully saturated rings. The highest BCUT2D eigenvalue weighted by atomic mass is 16.7. The normalized spacial score (nSPS) is 17.4. The zero-order valence-electron chi connectivity index (χ0n) is 14.8. The zero-order chi connectivity index (χ0) is 17.9. The summed E-state index contributed by atoms with van der Waals surface area (Å²) in [5.74, 6) is 2.26. The van der Waals surface area contributed by atoms with Crippen LogP contribution >= 0.6 is 0 Å². The number of hydrogen-bond donors (Lipinski definition) is 0. The van der Waals surface area contributed by atoms with Crippen molar-refractivity contribution >= 4 is 5.97 Å². The average Bonchev–Trinajstić information content (AvgIpc) is 3.31. The van der Waals surface area contributed by atoms with Crippen LogP contribution in [0.3, 0.4) is 0 Å². The number of ether oxygens (including phenoxy) is 3. The van der Waals surface area contributed by atoms with Crippen LogP contribution in [0.1, 0.15) is 21.9 Å². The summed E-state index contributed by atoms with van der Waals surface area (Å²) in [6.45, 7) is 5.80. The lowest BCUT2D eigenvalue weighted by Crippen LogP contribution is -2.45. The van der Waals surface area contributed by atoms with E-state index in [1.807, 2.05) is 12.1 Å². The Morgan fingerprint density at radius 3 is 2.50 bits per heavy atom. The number of methoxy groups -OCH3 is 1. The monoisotopic (exact) mass is 358 g/mol. The van der Waals surface area contributed by atoms with Crippen molar-refractivity contribution in [3.8, 4) is 11.5 Å². The molecule has 0 bridgehead atoms. The molecule has 0 radical (unpaired) electrons. The quantitative estimate of drug-likeness (QED) is 0.759. The number of carbonyl (C=O) groups excluding carboxylic acids is 1. The van der Waals surface area contributed by atoms with Crippen LogP contribution in [0.25, 0.3) is 0 Å². The summed E-state index contributed by atoms with van der Waals surface area (Å²) in [6, 6.07) is 9.63. The number of fused-ring (bicyclic) bond motifs is 1. The molecular weight excluding hydrogens is 336 g/mol. The van der Waals surface area contributed by atoms with E-state index in [9.17, 15) is 4.79 Å². The highest BCUT2D eigenvalue weighted by Crippen LogP contribution is 2.32. The van der Waals surface area contributed by atoms with Gasteiger partial charge in [0.25, 0.3) is 0 Å². The lowest BCUT2D eigenvalue weighted by Gasteiger charge is -2.34. The van der Waals surface area contributed by atoms with E-state index in [1.165, 1.54) is 12.7 Å². The molecule has 7 nitrogen and oxygen atoms in total. The molecule has 1 aromatic heterocycles. The molecule has 0 spiro atoms. The molecule has 4 rings (SSSR count). The topological polar surface area (TPSA) is 64.4 Å². The highest BCUT2D eigenvalue weighted by molar-refractivity contribution is 5.86. The maximum absolute atomic E-state index is 11.5. The molecule has 26 heavy (non-hydrogen) atoms. The Balaban J connectivity index is 1.27. The van der Waals surface area contributed by atoms with Crippen molar-refractivity contribution in [2.75, 3.05) is 40.1 Å². The number of piperazine rings is 1. The number of benzene rings is 1. The Hall–Kier alpha value is -2.51. The van der Waals surface area contributed by atoms with E-state index in [2.05, 4.69) is 26.7 Å². The Kier molecular flexibility index (Phi) is 4.81. The van der Waals surface area contributed by atoms with Crippen molar-refractivity contribution < 1.29 is 23.4 Å². The van der Waals surface area contributed by atoms with Gasteiger partial charge in [-0.05, 0) is 29.8 Å². The number of rotatable bonds is 5. The molecule has 0 unspecified atom stereocenters. The Labute approximate surface area is 152 Å². The van der Waals surface area contributed by atoms with Crippen LogP contribution in [0.4, 0.5) is 0 Å². The van der Waals surface area contributed by atoms with E-state index in [1.54, 1.807) is 6.07 Å². The predicted molar refractivity (Wildman–Crippen MR) is 93.2 cm³/mol. The average molecular weight is 358 g/mol. The van der Waals surface area contributed by atoms with Gasteiger partial charge in [-0.2, -0.15) is 0 Å². The minimum Gasteiger partial charge on any atom is -0.463 e. The second kappa shape index (κ2) is 7.39. The van der Waals surface area contributed by atoms with Crippen molar-refractivity contribution in [3.63, 3.8) is 0 Å². The summed E-state index contributed by atoms with van der Waals surface area (Å²) in [6.07, 6.45) is 0. The van der Waals surface area contributed by atoms with Gasteiger partial charge in [-0.3, -0.25) is 9.80 Å². The Bertz CT molecular complexity index is 780. The fourth-order valence-electron chi connectivity index (χ4n) is 3.30. The largest absolute Gasteiger partial charge is 0.463 e. The summed E-state index contributed by atoms with van der Waals surface area (Å²) in [4.78, 5) is 16.2. The van der Waals surface area contributed by atoms with E-state index in [4.69, 9.17) is 13.9 Å². The summed E-state index contributed by atoms with van der Waals surface area (Å²) >= 11 is 0. The third kappa shape index (κ3) is 3.68. The number of furan rings is 1. The van der Waals surface area contributed by atoms with E-state index in [0.29, 0.717) is 13.3 Å². The first-order chi connectivity index (χ1) is 12.7. The molecule has 2 aliphatic rings. The summed E-state index contributed by atoms with van der Waals surface area (Å²) < 4.78 is 21.0. The van der Waals surface area contributed by atoms with Gasteiger partial charge in [-0.25, -0.2) is 4.79 Å². The summed E-state index contributed by atoms with van der Waals surface area (Å²) in [7, 11) is 1.35. The molecule has 0 amide bonds. The second-order valence-corrected chi connectivity index (χ2v) is 6.50. The van der Waals surface area contributed by atoms with Crippen molar-refractivity contribution in [2.45, 2.75) is 13.1 Å².